The second kappa shape index (κ2) is 9.87. The number of amides is 1. The van der Waals surface area contributed by atoms with Crippen molar-refractivity contribution in [3.8, 4) is 0 Å². The fourth-order valence-corrected chi connectivity index (χ4v) is 3.96. The van der Waals surface area contributed by atoms with Gasteiger partial charge in [-0.05, 0) is 35.6 Å². The summed E-state index contributed by atoms with van der Waals surface area (Å²) in [5, 5.41) is 19.3. The van der Waals surface area contributed by atoms with Crippen LogP contribution in [0.15, 0.2) is 47.0 Å². The van der Waals surface area contributed by atoms with E-state index in [1.54, 1.807) is 0 Å². The van der Waals surface area contributed by atoms with Gasteiger partial charge in [0.05, 0.1) is 25.3 Å². The van der Waals surface area contributed by atoms with Crippen LogP contribution in [0, 0.1) is 5.92 Å². The molecule has 0 spiro atoms. The van der Waals surface area contributed by atoms with Gasteiger partial charge in [0.1, 0.15) is 5.76 Å². The zero-order chi connectivity index (χ0) is 20.8. The number of nitrogens with one attached hydrogen (secondary N) is 1. The van der Waals surface area contributed by atoms with Crippen LogP contribution < -0.4 is 5.32 Å². The number of hydrogen-bond acceptors (Lipinski definition) is 5. The van der Waals surface area contributed by atoms with Crippen LogP contribution in [0.1, 0.15) is 35.4 Å². The highest BCUT2D eigenvalue weighted by molar-refractivity contribution is 5.83. The lowest BCUT2D eigenvalue weighted by Crippen LogP contribution is -2.31. The minimum Gasteiger partial charge on any atom is -0.391 e. The summed E-state index contributed by atoms with van der Waals surface area (Å²) in [5.74, 6) is 0.951. The molecule has 1 aliphatic rings. The molecule has 2 N–H and O–H groups in total. The van der Waals surface area contributed by atoms with Crippen molar-refractivity contribution in [3.05, 3.63) is 65.0 Å². The van der Waals surface area contributed by atoms with Crippen molar-refractivity contribution in [2.75, 3.05) is 19.8 Å². The SMILES string of the molecule is O=C(Cc1noc(CCCc2ccc3ccccc3c2)c1CO)NCC1CCOC1. The number of fused-ring (bicyclic) bond motifs is 1. The van der Waals surface area contributed by atoms with Crippen molar-refractivity contribution in [2.45, 2.75) is 38.7 Å². The van der Waals surface area contributed by atoms with E-state index >= 15 is 0 Å². The molecule has 2 aromatic carbocycles. The van der Waals surface area contributed by atoms with Crippen molar-refractivity contribution in [2.24, 2.45) is 5.92 Å². The minimum atomic E-state index is -0.173. The van der Waals surface area contributed by atoms with Gasteiger partial charge in [-0.1, -0.05) is 47.6 Å². The van der Waals surface area contributed by atoms with Gasteiger partial charge in [-0.3, -0.25) is 4.79 Å². The standard InChI is InChI=1S/C24H28N2O4/c27-15-21-22(13-24(28)25-14-18-10-11-29-16-18)26-30-23(21)7-3-4-17-8-9-19-5-1-2-6-20(19)12-17/h1-2,5-6,8-9,12,18,27H,3-4,7,10-11,13-16H2,(H,25,28). The van der Waals surface area contributed by atoms with Gasteiger partial charge in [0.2, 0.25) is 5.91 Å². The van der Waals surface area contributed by atoms with E-state index in [2.05, 4.69) is 40.8 Å². The van der Waals surface area contributed by atoms with E-state index in [0.29, 0.717) is 42.5 Å². The summed E-state index contributed by atoms with van der Waals surface area (Å²) in [6, 6.07) is 14.8. The molecule has 0 radical (unpaired) electrons. The quantitative estimate of drug-likeness (QED) is 0.568. The van der Waals surface area contributed by atoms with Crippen LogP contribution in [-0.4, -0.2) is 35.9 Å². The van der Waals surface area contributed by atoms with E-state index in [0.717, 1.165) is 25.9 Å². The summed E-state index contributed by atoms with van der Waals surface area (Å²) in [4.78, 5) is 12.2. The van der Waals surface area contributed by atoms with Gasteiger partial charge >= 0.3 is 0 Å². The molecule has 6 nitrogen and oxygen atoms in total. The Balaban J connectivity index is 1.30. The number of rotatable bonds is 9. The van der Waals surface area contributed by atoms with Gasteiger partial charge in [0.25, 0.3) is 0 Å². The molecule has 158 valence electrons. The average Bonchev–Trinajstić information content (AvgIpc) is 3.42. The Kier molecular flexibility index (Phi) is 6.77. The smallest absolute Gasteiger partial charge is 0.226 e. The van der Waals surface area contributed by atoms with Crippen molar-refractivity contribution in [1.82, 2.24) is 10.5 Å². The first-order chi connectivity index (χ1) is 14.7. The third-order valence-electron chi connectivity index (χ3n) is 5.73. The number of ether oxygens (including phenoxy) is 1. The topological polar surface area (TPSA) is 84.6 Å². The fraction of sp³-hybridized carbons (Fsp3) is 0.417. The number of aryl methyl sites for hydroxylation is 2. The summed E-state index contributed by atoms with van der Waals surface area (Å²) in [6.07, 6.45) is 3.57. The third-order valence-corrected chi connectivity index (χ3v) is 5.73. The molecule has 1 unspecified atom stereocenters. The summed E-state index contributed by atoms with van der Waals surface area (Å²) in [6.45, 7) is 1.91. The number of aromatic nitrogens is 1. The van der Waals surface area contributed by atoms with Crippen LogP contribution in [0.4, 0.5) is 0 Å². The van der Waals surface area contributed by atoms with E-state index in [1.807, 2.05) is 12.1 Å². The second-order valence-electron chi connectivity index (χ2n) is 7.93. The predicted octanol–water partition coefficient (Wildman–Crippen LogP) is 3.19. The molecule has 1 fully saturated rings. The Morgan fingerprint density at radius 1 is 1.17 bits per heavy atom. The number of benzene rings is 2. The first-order valence-electron chi connectivity index (χ1n) is 10.6. The van der Waals surface area contributed by atoms with Gasteiger partial charge in [-0.25, -0.2) is 0 Å². The maximum Gasteiger partial charge on any atom is 0.226 e. The number of carbonyl (C=O) groups is 1. The molecule has 1 saturated heterocycles. The maximum absolute atomic E-state index is 12.2. The van der Waals surface area contributed by atoms with Gasteiger partial charge in [0.15, 0.2) is 0 Å². The highest BCUT2D eigenvalue weighted by Crippen LogP contribution is 2.20. The third kappa shape index (κ3) is 5.07. The molecule has 1 amide bonds. The number of hydrogen-bond donors (Lipinski definition) is 2. The molecule has 2 heterocycles. The van der Waals surface area contributed by atoms with E-state index in [9.17, 15) is 9.90 Å². The van der Waals surface area contributed by atoms with Crippen LogP contribution in [0.25, 0.3) is 10.8 Å². The summed E-state index contributed by atoms with van der Waals surface area (Å²) < 4.78 is 10.8. The Morgan fingerprint density at radius 2 is 2.03 bits per heavy atom. The largest absolute Gasteiger partial charge is 0.391 e. The van der Waals surface area contributed by atoms with Crippen molar-refractivity contribution in [1.29, 1.82) is 0 Å². The molecule has 30 heavy (non-hydrogen) atoms. The highest BCUT2D eigenvalue weighted by atomic mass is 16.5. The molecule has 0 saturated carbocycles. The average molecular weight is 408 g/mol. The van der Waals surface area contributed by atoms with Crippen LogP contribution in [0.3, 0.4) is 0 Å². The van der Waals surface area contributed by atoms with Crippen LogP contribution >= 0.6 is 0 Å². The Bertz CT molecular complexity index is 992. The van der Waals surface area contributed by atoms with E-state index in [-0.39, 0.29) is 18.9 Å². The Labute approximate surface area is 176 Å². The monoisotopic (exact) mass is 408 g/mol. The van der Waals surface area contributed by atoms with E-state index < -0.39 is 0 Å². The van der Waals surface area contributed by atoms with Gasteiger partial charge < -0.3 is 19.7 Å². The number of aliphatic hydroxyl groups is 1. The number of carbonyl (C=O) groups excluding carboxylic acids is 1. The van der Waals surface area contributed by atoms with Crippen molar-refractivity contribution < 1.29 is 19.2 Å². The zero-order valence-corrected chi connectivity index (χ0v) is 17.1. The first-order valence-corrected chi connectivity index (χ1v) is 10.6. The van der Waals surface area contributed by atoms with Crippen LogP contribution in [0.5, 0.6) is 0 Å². The predicted molar refractivity (Wildman–Crippen MR) is 114 cm³/mol. The normalized spacial score (nSPS) is 16.2. The molecule has 1 aromatic heterocycles. The lowest BCUT2D eigenvalue weighted by atomic mass is 10.0. The summed E-state index contributed by atoms with van der Waals surface area (Å²) in [5.41, 5.74) is 2.44. The van der Waals surface area contributed by atoms with Crippen LogP contribution in [0.2, 0.25) is 0 Å². The lowest BCUT2D eigenvalue weighted by molar-refractivity contribution is -0.120. The minimum absolute atomic E-state index is 0.104. The molecule has 3 aromatic rings. The molecular formula is C24H28N2O4. The van der Waals surface area contributed by atoms with E-state index in [4.69, 9.17) is 9.26 Å². The maximum atomic E-state index is 12.2. The molecule has 0 bridgehead atoms. The molecule has 6 heteroatoms. The van der Waals surface area contributed by atoms with E-state index in [1.165, 1.54) is 16.3 Å². The highest BCUT2D eigenvalue weighted by Gasteiger charge is 2.20. The summed E-state index contributed by atoms with van der Waals surface area (Å²) >= 11 is 0. The first kappa shape index (κ1) is 20.6. The summed E-state index contributed by atoms with van der Waals surface area (Å²) in [7, 11) is 0. The number of aliphatic hydroxyl groups excluding tert-OH is 1. The fourth-order valence-electron chi connectivity index (χ4n) is 3.96. The van der Waals surface area contributed by atoms with Crippen LogP contribution in [-0.2, 0) is 35.4 Å². The Morgan fingerprint density at radius 3 is 2.83 bits per heavy atom. The molecule has 4 rings (SSSR count). The number of nitrogens with zero attached hydrogens (tertiary/aromatic N) is 1. The zero-order valence-electron chi connectivity index (χ0n) is 17.1. The lowest BCUT2D eigenvalue weighted by Gasteiger charge is -2.09. The van der Waals surface area contributed by atoms with Crippen molar-refractivity contribution in [3.63, 3.8) is 0 Å². The molecular weight excluding hydrogens is 380 g/mol. The van der Waals surface area contributed by atoms with Gasteiger partial charge in [-0.15, -0.1) is 0 Å². The molecule has 0 aliphatic carbocycles. The van der Waals surface area contributed by atoms with Gasteiger partial charge in [0, 0.05) is 31.1 Å². The van der Waals surface area contributed by atoms with Crippen molar-refractivity contribution >= 4 is 16.7 Å². The molecule has 1 aliphatic heterocycles. The van der Waals surface area contributed by atoms with Gasteiger partial charge in [-0.2, -0.15) is 0 Å². The Hall–Kier alpha value is -2.70. The molecule has 1 atom stereocenters. The second-order valence-corrected chi connectivity index (χ2v) is 7.93.